The van der Waals surface area contributed by atoms with Gasteiger partial charge in [-0.25, -0.2) is 15.0 Å². The number of unbranched alkanes of at least 4 members (excludes halogenated alkanes) is 10. The predicted octanol–water partition coefficient (Wildman–Crippen LogP) is 7.02. The lowest BCUT2D eigenvalue weighted by Crippen LogP contribution is -2.36. The third-order valence-electron chi connectivity index (χ3n) is 7.61. The van der Waals surface area contributed by atoms with Crippen LogP contribution in [0.2, 0.25) is 18.6 Å². The number of nitrogen functional groups attached to an aromatic ring is 1. The van der Waals surface area contributed by atoms with Crippen molar-refractivity contribution in [3.8, 4) is 11.5 Å². The molecule has 0 spiro atoms. The monoisotopic (exact) mass is 623 g/mol. The van der Waals surface area contributed by atoms with Gasteiger partial charge in [-0.1, -0.05) is 64.3 Å². The number of rotatable bonds is 21. The molecule has 2 aromatic rings. The van der Waals surface area contributed by atoms with Gasteiger partial charge in [0.15, 0.2) is 11.5 Å². The summed E-state index contributed by atoms with van der Waals surface area (Å²) < 4.78 is 24.9. The van der Waals surface area contributed by atoms with Gasteiger partial charge < -0.3 is 24.5 Å². The third kappa shape index (κ3) is 13.2. The van der Waals surface area contributed by atoms with E-state index in [-0.39, 0.29) is 19.1 Å². The Morgan fingerprint density at radius 1 is 1.07 bits per heavy atom. The highest BCUT2D eigenvalue weighted by atomic mass is 32.2. The molecule has 3 rings (SSSR count). The van der Waals surface area contributed by atoms with E-state index in [1.807, 2.05) is 6.92 Å². The number of imidazole rings is 1. The Bertz CT molecular complexity index is 1150. The van der Waals surface area contributed by atoms with Crippen LogP contribution in [-0.2, 0) is 20.4 Å². The molecule has 2 aromatic heterocycles. The van der Waals surface area contributed by atoms with Crippen LogP contribution in [-0.4, -0.2) is 63.1 Å². The average molecular weight is 624 g/mol. The molecule has 0 radical (unpaired) electrons. The molecule has 1 unspecified atom stereocenters. The van der Waals surface area contributed by atoms with E-state index in [2.05, 4.69) is 33.0 Å². The molecule has 0 aromatic carbocycles. The molecule has 230 valence electrons. The van der Waals surface area contributed by atoms with Crippen molar-refractivity contribution in [1.82, 2.24) is 19.5 Å². The van der Waals surface area contributed by atoms with Crippen LogP contribution in [0.3, 0.4) is 0 Å². The molecule has 1 fully saturated rings. The molecule has 0 amide bonds. The van der Waals surface area contributed by atoms with E-state index in [1.165, 1.54) is 89.0 Å². The van der Waals surface area contributed by atoms with Crippen molar-refractivity contribution in [3.63, 3.8) is 0 Å². The second kappa shape index (κ2) is 18.3. The van der Waals surface area contributed by atoms with Gasteiger partial charge in [0, 0.05) is 12.2 Å². The topological polar surface area (TPSA) is 125 Å². The lowest BCUT2D eigenvalue weighted by atomic mass is 10.1. The number of thioether (sulfide) groups is 1. The van der Waals surface area contributed by atoms with Gasteiger partial charge in [-0.3, -0.25) is 4.57 Å². The molecular formula is C29H50N5O4PSSi. The standard InChI is InChI=1S/C29H50N5O4PSSi/c1-26(22-34-24-33-27-28(30)31-23-32-29(27)34)37-25-39(35,36)38-16-18-40-17-13-11-9-7-5-3-4-6-8-10-12-14-19-41(2)20-15-21-41/h23-24,26H,3-13,15-18,20-22,25H2,1-2H3,(H,35,36)(H2,30,31,32)/t26-/m1/s1. The van der Waals surface area contributed by atoms with Gasteiger partial charge in [-0.15, -0.1) is 11.5 Å². The fourth-order valence-electron chi connectivity index (χ4n) is 4.90. The van der Waals surface area contributed by atoms with Crippen LogP contribution < -0.4 is 5.73 Å². The van der Waals surface area contributed by atoms with Crippen molar-refractivity contribution in [2.75, 3.05) is 30.2 Å². The Labute approximate surface area is 251 Å². The number of ether oxygens (including phenoxy) is 1. The van der Waals surface area contributed by atoms with Crippen LogP contribution in [0.5, 0.6) is 0 Å². The number of aromatic nitrogens is 4. The highest BCUT2D eigenvalue weighted by Crippen LogP contribution is 2.42. The maximum atomic E-state index is 12.3. The van der Waals surface area contributed by atoms with E-state index in [9.17, 15) is 9.46 Å². The highest BCUT2D eigenvalue weighted by molar-refractivity contribution is 7.99. The molecule has 0 aliphatic carbocycles. The van der Waals surface area contributed by atoms with E-state index < -0.39 is 15.7 Å². The van der Waals surface area contributed by atoms with Gasteiger partial charge in [0.05, 0.1) is 25.6 Å². The van der Waals surface area contributed by atoms with Gasteiger partial charge in [-0.2, -0.15) is 11.8 Å². The molecule has 3 N–H and O–H groups in total. The van der Waals surface area contributed by atoms with Crippen molar-refractivity contribution in [2.24, 2.45) is 0 Å². The minimum Gasteiger partial charge on any atom is -0.382 e. The molecule has 12 heteroatoms. The first-order chi connectivity index (χ1) is 19.8. The number of nitrogens with two attached hydrogens (primary N) is 1. The first-order valence-electron chi connectivity index (χ1n) is 15.4. The molecule has 0 saturated carbocycles. The predicted molar refractivity (Wildman–Crippen MR) is 173 cm³/mol. The number of fused-ring (bicyclic) bond motifs is 1. The summed E-state index contributed by atoms with van der Waals surface area (Å²) in [5.74, 6) is 5.55. The van der Waals surface area contributed by atoms with Crippen molar-refractivity contribution in [3.05, 3.63) is 12.7 Å². The highest BCUT2D eigenvalue weighted by Gasteiger charge is 2.32. The van der Waals surface area contributed by atoms with Gasteiger partial charge in [0.1, 0.15) is 26.3 Å². The van der Waals surface area contributed by atoms with Gasteiger partial charge in [-0.05, 0) is 37.6 Å². The molecular weight excluding hydrogens is 573 g/mol. The largest absolute Gasteiger partial charge is 0.382 e. The Balaban J connectivity index is 1.08. The quantitative estimate of drug-likeness (QED) is 0.0653. The molecule has 1 aliphatic heterocycles. The van der Waals surface area contributed by atoms with Crippen LogP contribution in [0, 0.1) is 11.5 Å². The molecule has 9 nitrogen and oxygen atoms in total. The number of hydrogen-bond acceptors (Lipinski definition) is 8. The summed E-state index contributed by atoms with van der Waals surface area (Å²) in [4.78, 5) is 22.4. The second-order valence-electron chi connectivity index (χ2n) is 11.5. The maximum Gasteiger partial charge on any atom is 0.353 e. The van der Waals surface area contributed by atoms with Crippen LogP contribution in [0.4, 0.5) is 5.82 Å². The van der Waals surface area contributed by atoms with Gasteiger partial charge >= 0.3 is 7.60 Å². The first-order valence-corrected chi connectivity index (χ1v) is 21.2. The van der Waals surface area contributed by atoms with E-state index in [0.717, 1.165) is 12.2 Å². The Kier molecular flexibility index (Phi) is 15.2. The van der Waals surface area contributed by atoms with E-state index >= 15 is 0 Å². The fourth-order valence-corrected chi connectivity index (χ4v) is 8.95. The summed E-state index contributed by atoms with van der Waals surface area (Å²) >= 11 is 1.77. The van der Waals surface area contributed by atoms with Crippen molar-refractivity contribution >= 4 is 44.4 Å². The zero-order valence-corrected chi connectivity index (χ0v) is 27.8. The second-order valence-corrected chi connectivity index (χ2v) is 18.9. The minimum atomic E-state index is -3.80. The zero-order valence-electron chi connectivity index (χ0n) is 25.1. The van der Waals surface area contributed by atoms with Crippen molar-refractivity contribution in [1.29, 1.82) is 0 Å². The first kappa shape index (κ1) is 34.1. The Morgan fingerprint density at radius 2 is 1.76 bits per heavy atom. The van der Waals surface area contributed by atoms with Crippen LogP contribution >= 0.6 is 19.4 Å². The van der Waals surface area contributed by atoms with Crippen molar-refractivity contribution in [2.45, 2.75) is 115 Å². The molecule has 41 heavy (non-hydrogen) atoms. The lowest BCUT2D eigenvalue weighted by molar-refractivity contribution is 0.0724. The summed E-state index contributed by atoms with van der Waals surface area (Å²) in [7, 11) is -4.83. The summed E-state index contributed by atoms with van der Waals surface area (Å²) in [5, 5.41) is 0. The molecule has 1 aliphatic rings. The zero-order chi connectivity index (χ0) is 29.4. The molecule has 3 heterocycles. The SMILES string of the molecule is C[C@H](Cn1cnc2c(N)ncnc21)OCP(=O)(O)OCCSCCCCCCCCCCCCC#C[Si]1(C)CCC1. The third-order valence-corrected chi connectivity index (χ3v) is 13.4. The van der Waals surface area contributed by atoms with E-state index in [1.54, 1.807) is 22.7 Å². The average Bonchev–Trinajstić information content (AvgIpc) is 3.34. The van der Waals surface area contributed by atoms with Crippen LogP contribution in [0.15, 0.2) is 12.7 Å². The minimum absolute atomic E-state index is 0.242. The number of hydrogen-bond donors (Lipinski definition) is 2. The summed E-state index contributed by atoms with van der Waals surface area (Å²) in [6.45, 7) is 4.92. The Morgan fingerprint density at radius 3 is 2.44 bits per heavy atom. The van der Waals surface area contributed by atoms with Crippen LogP contribution in [0.1, 0.15) is 84.0 Å². The van der Waals surface area contributed by atoms with Crippen LogP contribution in [0.25, 0.3) is 11.2 Å². The van der Waals surface area contributed by atoms with E-state index in [4.69, 9.17) is 15.0 Å². The van der Waals surface area contributed by atoms with Crippen molar-refractivity contribution < 1.29 is 18.7 Å². The Hall–Kier alpha value is -1.41. The normalized spacial score (nSPS) is 16.6. The summed E-state index contributed by atoms with van der Waals surface area (Å²) in [5.41, 5.74) is 10.6. The fraction of sp³-hybridized carbons (Fsp3) is 0.759. The smallest absolute Gasteiger partial charge is 0.353 e. The number of anilines is 1. The summed E-state index contributed by atoms with van der Waals surface area (Å²) in [6, 6.07) is 2.86. The van der Waals surface area contributed by atoms with E-state index in [0.29, 0.717) is 29.3 Å². The molecule has 1 saturated heterocycles. The molecule has 2 atom stereocenters. The number of nitrogens with zero attached hydrogens (tertiary/aromatic N) is 4. The van der Waals surface area contributed by atoms with Gasteiger partial charge in [0.2, 0.25) is 0 Å². The van der Waals surface area contributed by atoms with Gasteiger partial charge in [0.25, 0.3) is 0 Å². The maximum absolute atomic E-state index is 12.3. The lowest BCUT2D eigenvalue weighted by Gasteiger charge is -2.30. The summed E-state index contributed by atoms with van der Waals surface area (Å²) in [6.07, 6.45) is 17.9. The molecule has 0 bridgehead atoms.